The summed E-state index contributed by atoms with van der Waals surface area (Å²) in [4.78, 5) is 0.0227. The van der Waals surface area contributed by atoms with E-state index in [1.807, 2.05) is 0 Å². The normalized spacial score (nSPS) is 17.3. The van der Waals surface area contributed by atoms with Crippen molar-refractivity contribution in [1.82, 2.24) is 0 Å². The summed E-state index contributed by atoms with van der Waals surface area (Å²) in [6.07, 6.45) is 0. The predicted molar refractivity (Wildman–Crippen MR) is 53.4 cm³/mol. The van der Waals surface area contributed by atoms with Crippen LogP contribution in [-0.2, 0) is 14.6 Å². The molecule has 0 bridgehead atoms. The van der Waals surface area contributed by atoms with E-state index >= 15 is 0 Å². The van der Waals surface area contributed by atoms with Crippen molar-refractivity contribution in [3.05, 3.63) is 35.0 Å². The molecule has 15 heavy (non-hydrogen) atoms. The fourth-order valence-electron chi connectivity index (χ4n) is 1.58. The molecule has 0 atom stereocenters. The Kier molecular flexibility index (Phi) is 2.36. The van der Waals surface area contributed by atoms with Crippen molar-refractivity contribution in [2.45, 2.75) is 4.90 Å². The number of ether oxygens (including phenoxy) is 1. The Bertz CT molecular complexity index is 532. The van der Waals surface area contributed by atoms with Gasteiger partial charge in [0.25, 0.3) is 0 Å². The number of hydrogen-bond donors (Lipinski definition) is 0. The van der Waals surface area contributed by atoms with Gasteiger partial charge in [-0.15, -0.1) is 0 Å². The average Bonchev–Trinajstić information content (AvgIpc) is 2.39. The van der Waals surface area contributed by atoms with Gasteiger partial charge >= 0.3 is 0 Å². The second kappa shape index (κ2) is 3.43. The number of rotatable bonds is 2. The van der Waals surface area contributed by atoms with Crippen LogP contribution in [0.4, 0.5) is 4.39 Å². The van der Waals surface area contributed by atoms with Crippen molar-refractivity contribution in [2.75, 3.05) is 13.7 Å². The minimum atomic E-state index is -3.48. The standard InChI is InChI=1S/C10H9FO3S/c1-14-5-7-6-15(12,13)10-4-8(11)2-3-9(7)10/h2-4,6H,5H2,1H3. The van der Waals surface area contributed by atoms with E-state index in [-0.39, 0.29) is 11.5 Å². The number of sulfone groups is 1. The van der Waals surface area contributed by atoms with Crippen LogP contribution in [0.1, 0.15) is 5.56 Å². The van der Waals surface area contributed by atoms with E-state index in [0.717, 1.165) is 11.5 Å². The summed E-state index contributed by atoms with van der Waals surface area (Å²) in [6.45, 7) is 0.206. The fourth-order valence-corrected chi connectivity index (χ4v) is 3.06. The first-order valence-corrected chi connectivity index (χ1v) is 5.84. The molecule has 80 valence electrons. The summed E-state index contributed by atoms with van der Waals surface area (Å²) in [5.41, 5.74) is 1.09. The Hall–Kier alpha value is -1.20. The number of benzene rings is 1. The summed E-state index contributed by atoms with van der Waals surface area (Å²) in [5.74, 6) is -0.551. The maximum Gasteiger partial charge on any atom is 0.200 e. The summed E-state index contributed by atoms with van der Waals surface area (Å²) >= 11 is 0. The van der Waals surface area contributed by atoms with Crippen molar-refractivity contribution in [3.63, 3.8) is 0 Å². The third kappa shape index (κ3) is 1.68. The lowest BCUT2D eigenvalue weighted by Crippen LogP contribution is -1.94. The molecule has 1 heterocycles. The van der Waals surface area contributed by atoms with Crippen LogP contribution >= 0.6 is 0 Å². The van der Waals surface area contributed by atoms with Crippen molar-refractivity contribution in [2.24, 2.45) is 0 Å². The molecule has 1 aliphatic rings. The fraction of sp³-hybridized carbons (Fsp3) is 0.200. The molecule has 0 spiro atoms. The number of fused-ring (bicyclic) bond motifs is 1. The molecule has 3 nitrogen and oxygen atoms in total. The van der Waals surface area contributed by atoms with Crippen LogP contribution in [0.3, 0.4) is 0 Å². The van der Waals surface area contributed by atoms with E-state index in [1.54, 1.807) is 0 Å². The first kappa shape index (κ1) is 10.3. The van der Waals surface area contributed by atoms with E-state index in [1.165, 1.54) is 19.2 Å². The summed E-state index contributed by atoms with van der Waals surface area (Å²) in [5, 5.41) is 1.13. The van der Waals surface area contributed by atoms with Crippen molar-refractivity contribution < 1.29 is 17.5 Å². The van der Waals surface area contributed by atoms with Gasteiger partial charge in [-0.3, -0.25) is 0 Å². The second-order valence-corrected chi connectivity index (χ2v) is 5.03. The highest BCUT2D eigenvalue weighted by Crippen LogP contribution is 2.33. The van der Waals surface area contributed by atoms with Gasteiger partial charge in [0.15, 0.2) is 0 Å². The van der Waals surface area contributed by atoms with Crippen LogP contribution < -0.4 is 0 Å². The zero-order chi connectivity index (χ0) is 11.1. The molecule has 0 saturated heterocycles. The van der Waals surface area contributed by atoms with Gasteiger partial charge in [0, 0.05) is 12.5 Å². The first-order chi connectivity index (χ1) is 7.04. The zero-order valence-electron chi connectivity index (χ0n) is 8.03. The van der Waals surface area contributed by atoms with Gasteiger partial charge in [-0.1, -0.05) is 6.07 Å². The molecular formula is C10H9FO3S. The van der Waals surface area contributed by atoms with Gasteiger partial charge in [-0.05, 0) is 23.3 Å². The summed E-state index contributed by atoms with van der Waals surface area (Å²) < 4.78 is 41.0. The highest BCUT2D eigenvalue weighted by atomic mass is 32.2. The minimum Gasteiger partial charge on any atom is -0.380 e. The topological polar surface area (TPSA) is 43.4 Å². The molecule has 1 aliphatic heterocycles. The highest BCUT2D eigenvalue weighted by molar-refractivity contribution is 7.95. The van der Waals surface area contributed by atoms with Gasteiger partial charge in [-0.25, -0.2) is 12.8 Å². The van der Waals surface area contributed by atoms with E-state index in [2.05, 4.69) is 0 Å². The minimum absolute atomic E-state index is 0.0227. The first-order valence-electron chi connectivity index (χ1n) is 4.29. The molecule has 0 fully saturated rings. The lowest BCUT2D eigenvalue weighted by Gasteiger charge is -2.02. The molecule has 1 aromatic carbocycles. The van der Waals surface area contributed by atoms with Crippen LogP contribution in [-0.4, -0.2) is 22.1 Å². The molecule has 0 amide bonds. The molecule has 2 rings (SSSR count). The maximum absolute atomic E-state index is 12.9. The second-order valence-electron chi connectivity index (χ2n) is 3.26. The molecule has 0 unspecified atom stereocenters. The molecule has 0 aliphatic carbocycles. The van der Waals surface area contributed by atoms with Gasteiger partial charge in [0.1, 0.15) is 5.82 Å². The van der Waals surface area contributed by atoms with Crippen LogP contribution in [0.15, 0.2) is 28.5 Å². The quantitative estimate of drug-likeness (QED) is 0.772. The van der Waals surface area contributed by atoms with Gasteiger partial charge in [0.05, 0.1) is 11.5 Å². The van der Waals surface area contributed by atoms with Gasteiger partial charge in [0.2, 0.25) is 9.84 Å². The summed E-state index contributed by atoms with van der Waals surface area (Å²) in [6, 6.07) is 3.73. The molecular weight excluding hydrogens is 219 g/mol. The van der Waals surface area contributed by atoms with Crippen LogP contribution in [0.2, 0.25) is 0 Å². The number of methoxy groups -OCH3 is 1. The lowest BCUT2D eigenvalue weighted by atomic mass is 10.1. The SMILES string of the molecule is COCC1=CS(=O)(=O)c2cc(F)ccc21. The van der Waals surface area contributed by atoms with Crippen molar-refractivity contribution in [3.8, 4) is 0 Å². The largest absolute Gasteiger partial charge is 0.380 e. The highest BCUT2D eigenvalue weighted by Gasteiger charge is 2.26. The van der Waals surface area contributed by atoms with Gasteiger partial charge < -0.3 is 4.74 Å². The van der Waals surface area contributed by atoms with E-state index in [9.17, 15) is 12.8 Å². The average molecular weight is 228 g/mol. The van der Waals surface area contributed by atoms with E-state index < -0.39 is 15.7 Å². The Morgan fingerprint density at radius 1 is 1.40 bits per heavy atom. The zero-order valence-corrected chi connectivity index (χ0v) is 8.84. The maximum atomic E-state index is 12.9. The van der Waals surface area contributed by atoms with Gasteiger partial charge in [-0.2, -0.15) is 0 Å². The Balaban J connectivity index is 2.62. The van der Waals surface area contributed by atoms with Crippen LogP contribution in [0, 0.1) is 5.82 Å². The van der Waals surface area contributed by atoms with Crippen molar-refractivity contribution in [1.29, 1.82) is 0 Å². The molecule has 0 radical (unpaired) electrons. The molecule has 1 aromatic rings. The predicted octanol–water partition coefficient (Wildman–Crippen LogP) is 1.60. The smallest absolute Gasteiger partial charge is 0.200 e. The monoisotopic (exact) mass is 228 g/mol. The van der Waals surface area contributed by atoms with Crippen LogP contribution in [0.25, 0.3) is 5.57 Å². The Morgan fingerprint density at radius 3 is 2.80 bits per heavy atom. The third-order valence-corrected chi connectivity index (χ3v) is 3.74. The number of hydrogen-bond acceptors (Lipinski definition) is 3. The van der Waals surface area contributed by atoms with E-state index in [4.69, 9.17) is 4.74 Å². The molecule has 0 aromatic heterocycles. The molecule has 0 saturated carbocycles. The molecule has 5 heteroatoms. The van der Waals surface area contributed by atoms with Crippen molar-refractivity contribution >= 4 is 15.4 Å². The van der Waals surface area contributed by atoms with Crippen LogP contribution in [0.5, 0.6) is 0 Å². The summed E-state index contributed by atoms with van der Waals surface area (Å²) in [7, 11) is -2.00. The molecule has 0 N–H and O–H groups in total. The lowest BCUT2D eigenvalue weighted by molar-refractivity contribution is 0.239. The Labute approximate surface area is 87.1 Å². The Morgan fingerprint density at radius 2 is 2.13 bits per heavy atom. The third-order valence-electron chi connectivity index (χ3n) is 2.19. The van der Waals surface area contributed by atoms with E-state index in [0.29, 0.717) is 11.1 Å². The number of halogens is 1.